The van der Waals surface area contributed by atoms with Gasteiger partial charge in [-0.1, -0.05) is 11.3 Å². The topological polar surface area (TPSA) is 69.0 Å². The van der Waals surface area contributed by atoms with Gasteiger partial charge in [0.2, 0.25) is 0 Å². The van der Waals surface area contributed by atoms with E-state index in [1.807, 2.05) is 25.1 Å². The van der Waals surface area contributed by atoms with Crippen LogP contribution in [0.5, 0.6) is 5.75 Å². The van der Waals surface area contributed by atoms with Crippen molar-refractivity contribution in [3.63, 3.8) is 0 Å². The van der Waals surface area contributed by atoms with E-state index in [9.17, 15) is 4.79 Å². The lowest BCUT2D eigenvalue weighted by molar-refractivity contribution is 0.101. The molecular formula is C14H14N4O2S. The zero-order chi connectivity index (χ0) is 14.8. The minimum atomic E-state index is -0.208. The lowest BCUT2D eigenvalue weighted by atomic mass is 10.3. The Hall–Kier alpha value is -2.41. The van der Waals surface area contributed by atoms with Crippen molar-refractivity contribution in [1.29, 1.82) is 0 Å². The van der Waals surface area contributed by atoms with E-state index in [-0.39, 0.29) is 5.91 Å². The number of aromatic nitrogens is 3. The van der Waals surface area contributed by atoms with Gasteiger partial charge in [0.25, 0.3) is 5.91 Å². The van der Waals surface area contributed by atoms with Crippen molar-refractivity contribution in [2.45, 2.75) is 13.5 Å². The Morgan fingerprint density at radius 1 is 1.43 bits per heavy atom. The van der Waals surface area contributed by atoms with Crippen LogP contribution in [0.1, 0.15) is 17.4 Å². The smallest absolute Gasteiger partial charge is 0.275 e. The molecule has 2 heterocycles. The van der Waals surface area contributed by atoms with Crippen LogP contribution >= 0.6 is 11.3 Å². The van der Waals surface area contributed by atoms with Gasteiger partial charge in [-0.25, -0.2) is 4.98 Å². The third-order valence-corrected chi connectivity index (χ3v) is 4.00. The quantitative estimate of drug-likeness (QED) is 0.804. The number of thiazole rings is 1. The molecule has 0 atom stereocenters. The van der Waals surface area contributed by atoms with Crippen molar-refractivity contribution in [3.05, 3.63) is 36.2 Å². The molecule has 0 aliphatic rings. The number of hydrogen-bond donors (Lipinski definition) is 1. The molecule has 0 aliphatic carbocycles. The van der Waals surface area contributed by atoms with Crippen molar-refractivity contribution in [2.75, 3.05) is 12.4 Å². The first-order valence-electron chi connectivity index (χ1n) is 6.49. The highest BCUT2D eigenvalue weighted by atomic mass is 32.1. The van der Waals surface area contributed by atoms with Crippen LogP contribution in [0.2, 0.25) is 0 Å². The average molecular weight is 302 g/mol. The van der Waals surface area contributed by atoms with Crippen molar-refractivity contribution in [1.82, 2.24) is 14.8 Å². The van der Waals surface area contributed by atoms with Crippen LogP contribution in [0, 0.1) is 0 Å². The van der Waals surface area contributed by atoms with Crippen LogP contribution in [0.4, 0.5) is 5.13 Å². The second-order valence-corrected chi connectivity index (χ2v) is 5.37. The molecule has 0 aliphatic heterocycles. The number of anilines is 1. The molecule has 7 heteroatoms. The third-order valence-electron chi connectivity index (χ3n) is 3.06. The summed E-state index contributed by atoms with van der Waals surface area (Å²) in [5.74, 6) is 0.563. The molecule has 1 aromatic carbocycles. The first kappa shape index (κ1) is 13.6. The highest BCUT2D eigenvalue weighted by Gasteiger charge is 2.13. The van der Waals surface area contributed by atoms with E-state index in [0.29, 0.717) is 17.4 Å². The van der Waals surface area contributed by atoms with Crippen LogP contribution in [0.25, 0.3) is 10.2 Å². The predicted octanol–water partition coefficient (Wildman–Crippen LogP) is 2.77. The minimum Gasteiger partial charge on any atom is -0.497 e. The van der Waals surface area contributed by atoms with Crippen LogP contribution in [-0.4, -0.2) is 27.8 Å². The molecule has 0 spiro atoms. The van der Waals surface area contributed by atoms with Crippen molar-refractivity contribution in [3.8, 4) is 5.75 Å². The largest absolute Gasteiger partial charge is 0.497 e. The summed E-state index contributed by atoms with van der Waals surface area (Å²) >= 11 is 1.41. The normalized spacial score (nSPS) is 10.8. The first-order chi connectivity index (χ1) is 10.2. The standard InChI is InChI=1S/C14H14N4O2S/c1-3-18-11(6-7-15-18)13(19)17-14-16-10-5-4-9(20-2)8-12(10)21-14/h4-8H,3H2,1-2H3,(H,16,17,19). The van der Waals surface area contributed by atoms with Crippen LogP contribution in [-0.2, 0) is 6.54 Å². The molecule has 3 rings (SSSR count). The summed E-state index contributed by atoms with van der Waals surface area (Å²) in [6.07, 6.45) is 1.61. The molecule has 21 heavy (non-hydrogen) atoms. The summed E-state index contributed by atoms with van der Waals surface area (Å²) in [6, 6.07) is 7.31. The Balaban J connectivity index is 1.86. The molecule has 0 radical (unpaired) electrons. The lowest BCUT2D eigenvalue weighted by Gasteiger charge is -2.03. The number of carbonyl (C=O) groups excluding carboxylic acids is 1. The first-order valence-corrected chi connectivity index (χ1v) is 7.30. The van der Waals surface area contributed by atoms with Crippen molar-refractivity contribution in [2.24, 2.45) is 0 Å². The van der Waals surface area contributed by atoms with E-state index in [2.05, 4.69) is 15.4 Å². The maximum Gasteiger partial charge on any atom is 0.275 e. The Kier molecular flexibility index (Phi) is 3.57. The fourth-order valence-corrected chi connectivity index (χ4v) is 2.91. The van der Waals surface area contributed by atoms with Gasteiger partial charge in [0.05, 0.1) is 17.3 Å². The maximum atomic E-state index is 12.2. The molecule has 6 nitrogen and oxygen atoms in total. The number of aryl methyl sites for hydroxylation is 1. The lowest BCUT2D eigenvalue weighted by Crippen LogP contribution is -2.17. The second kappa shape index (κ2) is 5.53. The van der Waals surface area contributed by atoms with E-state index < -0.39 is 0 Å². The summed E-state index contributed by atoms with van der Waals surface area (Å²) < 4.78 is 7.79. The predicted molar refractivity (Wildman–Crippen MR) is 82.0 cm³/mol. The number of ether oxygens (including phenoxy) is 1. The van der Waals surface area contributed by atoms with Crippen LogP contribution in [0.3, 0.4) is 0 Å². The fraction of sp³-hybridized carbons (Fsp3) is 0.214. The van der Waals surface area contributed by atoms with Crippen LogP contribution in [0.15, 0.2) is 30.5 Å². The number of rotatable bonds is 4. The SMILES string of the molecule is CCn1nccc1C(=O)Nc1nc2ccc(OC)cc2s1. The number of methoxy groups -OCH3 is 1. The molecule has 2 aromatic heterocycles. The number of amides is 1. The highest BCUT2D eigenvalue weighted by Crippen LogP contribution is 2.29. The zero-order valence-corrected chi connectivity index (χ0v) is 12.5. The third kappa shape index (κ3) is 2.59. The molecule has 108 valence electrons. The molecule has 1 amide bonds. The van der Waals surface area contributed by atoms with Gasteiger partial charge in [-0.3, -0.25) is 14.8 Å². The number of nitrogens with one attached hydrogen (secondary N) is 1. The van der Waals surface area contributed by atoms with E-state index in [1.165, 1.54) is 11.3 Å². The molecule has 1 N–H and O–H groups in total. The molecule has 3 aromatic rings. The van der Waals surface area contributed by atoms with Gasteiger partial charge in [0.1, 0.15) is 11.4 Å². The molecule has 0 saturated carbocycles. The molecule has 0 unspecified atom stereocenters. The fourth-order valence-electron chi connectivity index (χ4n) is 2.02. The summed E-state index contributed by atoms with van der Waals surface area (Å²) in [6.45, 7) is 2.58. The van der Waals surface area contributed by atoms with E-state index >= 15 is 0 Å². The van der Waals surface area contributed by atoms with Crippen molar-refractivity contribution >= 4 is 32.6 Å². The van der Waals surface area contributed by atoms with Gasteiger partial charge in [-0.2, -0.15) is 5.10 Å². The number of carbonyl (C=O) groups is 1. The Morgan fingerprint density at radius 2 is 2.29 bits per heavy atom. The van der Waals surface area contributed by atoms with Gasteiger partial charge >= 0.3 is 0 Å². The van der Waals surface area contributed by atoms with E-state index in [4.69, 9.17) is 4.74 Å². The Morgan fingerprint density at radius 3 is 3.05 bits per heavy atom. The summed E-state index contributed by atoms with van der Waals surface area (Å²) in [5.41, 5.74) is 1.36. The molecule has 0 saturated heterocycles. The van der Waals surface area contributed by atoms with Crippen molar-refractivity contribution < 1.29 is 9.53 Å². The Labute approximate surface area is 125 Å². The highest BCUT2D eigenvalue weighted by molar-refractivity contribution is 7.22. The molecular weight excluding hydrogens is 288 g/mol. The average Bonchev–Trinajstić information content (AvgIpc) is 3.11. The van der Waals surface area contributed by atoms with Gasteiger partial charge in [0, 0.05) is 12.7 Å². The number of benzene rings is 1. The number of nitrogens with zero attached hydrogens (tertiary/aromatic N) is 3. The summed E-state index contributed by atoms with van der Waals surface area (Å²) in [7, 11) is 1.62. The Bertz CT molecular complexity index is 793. The second-order valence-electron chi connectivity index (χ2n) is 4.34. The summed E-state index contributed by atoms with van der Waals surface area (Å²) in [5, 5.41) is 7.46. The number of fused-ring (bicyclic) bond motifs is 1. The van der Waals surface area contributed by atoms with E-state index in [1.54, 1.807) is 24.1 Å². The minimum absolute atomic E-state index is 0.208. The summed E-state index contributed by atoms with van der Waals surface area (Å²) in [4.78, 5) is 16.6. The molecule has 0 bridgehead atoms. The maximum absolute atomic E-state index is 12.2. The van der Waals surface area contributed by atoms with Gasteiger partial charge in [0.15, 0.2) is 5.13 Å². The number of hydrogen-bond acceptors (Lipinski definition) is 5. The van der Waals surface area contributed by atoms with Gasteiger partial charge < -0.3 is 4.74 Å². The van der Waals surface area contributed by atoms with Gasteiger partial charge in [-0.05, 0) is 31.2 Å². The van der Waals surface area contributed by atoms with Gasteiger partial charge in [-0.15, -0.1) is 0 Å². The monoisotopic (exact) mass is 302 g/mol. The zero-order valence-electron chi connectivity index (χ0n) is 11.7. The van der Waals surface area contributed by atoms with Crippen LogP contribution < -0.4 is 10.1 Å². The molecule has 0 fully saturated rings. The van der Waals surface area contributed by atoms with E-state index in [0.717, 1.165) is 16.0 Å².